The number of ether oxygens (including phenoxy) is 2. The van der Waals surface area contributed by atoms with Crippen LogP contribution in [0, 0.1) is 0 Å². The summed E-state index contributed by atoms with van der Waals surface area (Å²) in [7, 11) is 0. The second kappa shape index (κ2) is 8.97. The van der Waals surface area contributed by atoms with E-state index in [1.807, 2.05) is 43.9 Å². The molecule has 0 bridgehead atoms. The summed E-state index contributed by atoms with van der Waals surface area (Å²) in [5.41, 5.74) is 0.866. The largest absolute Gasteiger partial charge is 0.490 e. The van der Waals surface area contributed by atoms with Crippen molar-refractivity contribution < 1.29 is 14.3 Å². The third-order valence-corrected chi connectivity index (χ3v) is 4.75. The van der Waals surface area contributed by atoms with Gasteiger partial charge in [-0.05, 0) is 66.0 Å². The van der Waals surface area contributed by atoms with Gasteiger partial charge < -0.3 is 19.7 Å². The van der Waals surface area contributed by atoms with E-state index in [0.717, 1.165) is 24.3 Å². The first kappa shape index (κ1) is 19.4. The highest BCUT2D eigenvalue weighted by molar-refractivity contribution is 5.85. The van der Waals surface area contributed by atoms with E-state index in [-0.39, 0.29) is 11.9 Å². The molecule has 1 amide bonds. The van der Waals surface area contributed by atoms with Gasteiger partial charge in [0.1, 0.15) is 6.04 Å². The minimum atomic E-state index is -0.282. The molecule has 1 saturated heterocycles. The third kappa shape index (κ3) is 4.80. The SMILES string of the molecule is CCOc1ccc(N[C@H](C)C(=O)N2[C@H](C)CCC[C@H]2C)cc1OCC. The Balaban J connectivity index is 2.09. The fourth-order valence-corrected chi connectivity index (χ4v) is 3.53. The molecule has 1 aliphatic rings. The molecule has 25 heavy (non-hydrogen) atoms. The molecule has 0 unspecified atom stereocenters. The summed E-state index contributed by atoms with van der Waals surface area (Å²) in [6.07, 6.45) is 3.37. The van der Waals surface area contributed by atoms with Crippen molar-refractivity contribution >= 4 is 11.6 Å². The zero-order chi connectivity index (χ0) is 18.4. The van der Waals surface area contributed by atoms with Gasteiger partial charge in [-0.2, -0.15) is 0 Å². The van der Waals surface area contributed by atoms with E-state index in [9.17, 15) is 4.79 Å². The number of nitrogens with one attached hydrogen (secondary N) is 1. The zero-order valence-electron chi connectivity index (χ0n) is 16.2. The smallest absolute Gasteiger partial charge is 0.245 e. The molecule has 140 valence electrons. The lowest BCUT2D eigenvalue weighted by Gasteiger charge is -2.40. The van der Waals surface area contributed by atoms with Crippen molar-refractivity contribution in [3.05, 3.63) is 18.2 Å². The first-order chi connectivity index (χ1) is 12.0. The van der Waals surface area contributed by atoms with Gasteiger partial charge in [0, 0.05) is 23.8 Å². The van der Waals surface area contributed by atoms with Gasteiger partial charge in [0.2, 0.25) is 5.91 Å². The Hall–Kier alpha value is -1.91. The van der Waals surface area contributed by atoms with Crippen LogP contribution in [0.2, 0.25) is 0 Å². The molecule has 1 aromatic carbocycles. The Morgan fingerprint density at radius 1 is 1.16 bits per heavy atom. The van der Waals surface area contributed by atoms with E-state index >= 15 is 0 Å². The maximum atomic E-state index is 12.9. The number of nitrogens with zero attached hydrogens (tertiary/aromatic N) is 1. The Labute approximate surface area is 151 Å². The van der Waals surface area contributed by atoms with E-state index in [2.05, 4.69) is 19.2 Å². The number of benzene rings is 1. The van der Waals surface area contributed by atoms with Crippen LogP contribution in [-0.2, 0) is 4.79 Å². The Morgan fingerprint density at radius 2 is 1.76 bits per heavy atom. The van der Waals surface area contributed by atoms with Crippen LogP contribution in [0.5, 0.6) is 11.5 Å². The van der Waals surface area contributed by atoms with Crippen molar-refractivity contribution in [2.45, 2.75) is 72.0 Å². The molecule has 1 N–H and O–H groups in total. The first-order valence-corrected chi connectivity index (χ1v) is 9.46. The number of hydrogen-bond acceptors (Lipinski definition) is 4. The molecule has 5 nitrogen and oxygen atoms in total. The Bertz CT molecular complexity index is 566. The second-order valence-electron chi connectivity index (χ2n) is 6.77. The molecule has 0 radical (unpaired) electrons. The van der Waals surface area contributed by atoms with Crippen molar-refractivity contribution in [3.63, 3.8) is 0 Å². The molecule has 1 aliphatic heterocycles. The van der Waals surface area contributed by atoms with Gasteiger partial charge in [0.25, 0.3) is 0 Å². The van der Waals surface area contributed by atoms with E-state index in [0.29, 0.717) is 31.0 Å². The van der Waals surface area contributed by atoms with E-state index in [1.54, 1.807) is 0 Å². The number of piperidine rings is 1. The van der Waals surface area contributed by atoms with E-state index in [4.69, 9.17) is 9.47 Å². The van der Waals surface area contributed by atoms with Crippen molar-refractivity contribution in [3.8, 4) is 11.5 Å². The number of hydrogen-bond donors (Lipinski definition) is 1. The Morgan fingerprint density at radius 3 is 2.36 bits per heavy atom. The van der Waals surface area contributed by atoms with Gasteiger partial charge in [0.15, 0.2) is 11.5 Å². The van der Waals surface area contributed by atoms with Crippen molar-refractivity contribution in [2.75, 3.05) is 18.5 Å². The highest BCUT2D eigenvalue weighted by Crippen LogP contribution is 2.31. The molecule has 1 heterocycles. The number of amides is 1. The molecule has 0 aromatic heterocycles. The average molecular weight is 348 g/mol. The van der Waals surface area contributed by atoms with Gasteiger partial charge >= 0.3 is 0 Å². The fourth-order valence-electron chi connectivity index (χ4n) is 3.53. The minimum absolute atomic E-state index is 0.159. The minimum Gasteiger partial charge on any atom is -0.490 e. The van der Waals surface area contributed by atoms with Crippen LogP contribution < -0.4 is 14.8 Å². The van der Waals surface area contributed by atoms with Gasteiger partial charge in [0.05, 0.1) is 13.2 Å². The summed E-state index contributed by atoms with van der Waals surface area (Å²) >= 11 is 0. The topological polar surface area (TPSA) is 50.8 Å². The molecule has 5 heteroatoms. The van der Waals surface area contributed by atoms with Gasteiger partial charge in [-0.15, -0.1) is 0 Å². The number of carbonyl (C=O) groups excluding carboxylic acids is 1. The highest BCUT2D eigenvalue weighted by Gasteiger charge is 2.31. The summed E-state index contributed by atoms with van der Waals surface area (Å²) in [6.45, 7) is 11.3. The normalized spacial score (nSPS) is 21.6. The van der Waals surface area contributed by atoms with Crippen molar-refractivity contribution in [2.24, 2.45) is 0 Å². The quantitative estimate of drug-likeness (QED) is 0.807. The molecule has 3 atom stereocenters. The molecule has 0 spiro atoms. The monoisotopic (exact) mass is 348 g/mol. The molecule has 1 aromatic rings. The maximum Gasteiger partial charge on any atom is 0.245 e. The summed E-state index contributed by atoms with van der Waals surface area (Å²) in [6, 6.07) is 6.05. The molecular weight excluding hydrogens is 316 g/mol. The molecular formula is C20H32N2O3. The standard InChI is InChI=1S/C20H32N2O3/c1-6-24-18-12-11-17(13-19(18)25-7-2)21-16(5)20(23)22-14(3)9-8-10-15(22)4/h11-16,21H,6-10H2,1-5H3/t14-,15-,16-/m1/s1. The summed E-state index contributed by atoms with van der Waals surface area (Å²) in [4.78, 5) is 15.0. The summed E-state index contributed by atoms with van der Waals surface area (Å²) < 4.78 is 11.3. The van der Waals surface area contributed by atoms with Crippen LogP contribution in [-0.4, -0.2) is 42.1 Å². The maximum absolute atomic E-state index is 12.9. The van der Waals surface area contributed by atoms with Gasteiger partial charge in [-0.25, -0.2) is 0 Å². The molecule has 0 saturated carbocycles. The van der Waals surface area contributed by atoms with E-state index in [1.165, 1.54) is 6.42 Å². The molecule has 0 aliphatic carbocycles. The van der Waals surface area contributed by atoms with E-state index < -0.39 is 0 Å². The van der Waals surface area contributed by atoms with Crippen molar-refractivity contribution in [1.82, 2.24) is 4.90 Å². The number of anilines is 1. The van der Waals surface area contributed by atoms with Crippen LogP contribution in [0.1, 0.15) is 53.9 Å². The van der Waals surface area contributed by atoms with Gasteiger partial charge in [-0.1, -0.05) is 0 Å². The van der Waals surface area contributed by atoms with Crippen LogP contribution >= 0.6 is 0 Å². The van der Waals surface area contributed by atoms with Crippen LogP contribution in [0.4, 0.5) is 5.69 Å². The Kier molecular flexibility index (Phi) is 6.97. The number of likely N-dealkylation sites (tertiary alicyclic amines) is 1. The fraction of sp³-hybridized carbons (Fsp3) is 0.650. The lowest BCUT2D eigenvalue weighted by atomic mass is 9.96. The average Bonchev–Trinajstić information content (AvgIpc) is 2.57. The molecule has 2 rings (SSSR count). The number of carbonyl (C=O) groups is 1. The highest BCUT2D eigenvalue weighted by atomic mass is 16.5. The lowest BCUT2D eigenvalue weighted by molar-refractivity contribution is -0.137. The predicted molar refractivity (Wildman–Crippen MR) is 101 cm³/mol. The van der Waals surface area contributed by atoms with Gasteiger partial charge in [-0.3, -0.25) is 4.79 Å². The predicted octanol–water partition coefficient (Wildman–Crippen LogP) is 4.07. The zero-order valence-corrected chi connectivity index (χ0v) is 16.2. The first-order valence-electron chi connectivity index (χ1n) is 9.46. The van der Waals surface area contributed by atoms with Crippen LogP contribution in [0.3, 0.4) is 0 Å². The van der Waals surface area contributed by atoms with Crippen LogP contribution in [0.15, 0.2) is 18.2 Å². The summed E-state index contributed by atoms with van der Waals surface area (Å²) in [5.74, 6) is 1.59. The molecule has 1 fully saturated rings. The summed E-state index contributed by atoms with van der Waals surface area (Å²) in [5, 5.41) is 3.32. The lowest BCUT2D eigenvalue weighted by Crippen LogP contribution is -2.52. The second-order valence-corrected chi connectivity index (χ2v) is 6.77. The third-order valence-electron chi connectivity index (χ3n) is 4.75. The van der Waals surface area contributed by atoms with Crippen molar-refractivity contribution in [1.29, 1.82) is 0 Å². The number of rotatable bonds is 7. The van der Waals surface area contributed by atoms with Crippen LogP contribution in [0.25, 0.3) is 0 Å².